The SMILES string of the molecule is Cc1cc(C(=O)O)ccc1Nc1c(C)cccc1F. The fourth-order valence-corrected chi connectivity index (χ4v) is 1.86. The van der Waals surface area contributed by atoms with E-state index < -0.39 is 5.97 Å². The first-order valence-corrected chi connectivity index (χ1v) is 5.85. The Morgan fingerprint density at radius 1 is 1.16 bits per heavy atom. The molecule has 2 rings (SSSR count). The Labute approximate surface area is 110 Å². The van der Waals surface area contributed by atoms with Gasteiger partial charge < -0.3 is 10.4 Å². The quantitative estimate of drug-likeness (QED) is 0.879. The van der Waals surface area contributed by atoms with E-state index in [1.807, 2.05) is 13.0 Å². The van der Waals surface area contributed by atoms with Crippen LogP contribution in [0.25, 0.3) is 0 Å². The monoisotopic (exact) mass is 259 g/mol. The molecule has 2 N–H and O–H groups in total. The van der Waals surface area contributed by atoms with Crippen LogP contribution in [-0.4, -0.2) is 11.1 Å². The molecule has 0 atom stereocenters. The van der Waals surface area contributed by atoms with Crippen molar-refractivity contribution in [3.05, 3.63) is 58.9 Å². The maximum atomic E-state index is 13.7. The number of carboxylic acids is 1. The molecule has 19 heavy (non-hydrogen) atoms. The summed E-state index contributed by atoms with van der Waals surface area (Å²) in [6.45, 7) is 3.59. The number of aryl methyl sites for hydroxylation is 2. The van der Waals surface area contributed by atoms with E-state index >= 15 is 0 Å². The number of hydrogen-bond acceptors (Lipinski definition) is 2. The zero-order chi connectivity index (χ0) is 14.0. The van der Waals surface area contributed by atoms with Crippen LogP contribution in [0.2, 0.25) is 0 Å². The van der Waals surface area contributed by atoms with Gasteiger partial charge in [0.15, 0.2) is 0 Å². The van der Waals surface area contributed by atoms with Crippen molar-refractivity contribution < 1.29 is 14.3 Å². The number of carbonyl (C=O) groups is 1. The third-order valence-corrected chi connectivity index (χ3v) is 2.95. The van der Waals surface area contributed by atoms with E-state index in [2.05, 4.69) is 5.32 Å². The fourth-order valence-electron chi connectivity index (χ4n) is 1.86. The topological polar surface area (TPSA) is 49.3 Å². The molecule has 0 fully saturated rings. The van der Waals surface area contributed by atoms with Crippen LogP contribution in [-0.2, 0) is 0 Å². The van der Waals surface area contributed by atoms with Crippen molar-refractivity contribution in [2.75, 3.05) is 5.32 Å². The number of para-hydroxylation sites is 1. The summed E-state index contributed by atoms with van der Waals surface area (Å²) in [5.74, 6) is -1.31. The summed E-state index contributed by atoms with van der Waals surface area (Å²) in [6, 6.07) is 9.54. The number of rotatable bonds is 3. The van der Waals surface area contributed by atoms with Crippen LogP contribution in [0.5, 0.6) is 0 Å². The average Bonchev–Trinajstić information content (AvgIpc) is 2.35. The Kier molecular flexibility index (Phi) is 3.51. The molecule has 0 aromatic heterocycles. The molecule has 0 heterocycles. The zero-order valence-corrected chi connectivity index (χ0v) is 10.7. The molecule has 0 saturated heterocycles. The highest BCUT2D eigenvalue weighted by molar-refractivity contribution is 5.88. The highest BCUT2D eigenvalue weighted by atomic mass is 19.1. The Morgan fingerprint density at radius 2 is 1.89 bits per heavy atom. The van der Waals surface area contributed by atoms with Crippen molar-refractivity contribution >= 4 is 17.3 Å². The maximum Gasteiger partial charge on any atom is 0.335 e. The number of halogens is 1. The number of carboxylic acid groups (broad SMARTS) is 1. The van der Waals surface area contributed by atoms with Gasteiger partial charge in [-0.05, 0) is 49.2 Å². The average molecular weight is 259 g/mol. The predicted octanol–water partition coefficient (Wildman–Crippen LogP) is 3.88. The summed E-state index contributed by atoms with van der Waals surface area (Å²) in [5, 5.41) is 11.9. The lowest BCUT2D eigenvalue weighted by molar-refractivity contribution is 0.0697. The molecular weight excluding hydrogens is 245 g/mol. The minimum Gasteiger partial charge on any atom is -0.478 e. The number of aromatic carboxylic acids is 1. The van der Waals surface area contributed by atoms with Crippen LogP contribution in [0, 0.1) is 19.7 Å². The molecular formula is C15H14FNO2. The van der Waals surface area contributed by atoms with Gasteiger partial charge in [0.2, 0.25) is 0 Å². The molecule has 2 aromatic carbocycles. The molecule has 0 spiro atoms. The van der Waals surface area contributed by atoms with E-state index in [-0.39, 0.29) is 11.4 Å². The second-order valence-corrected chi connectivity index (χ2v) is 4.39. The molecule has 0 aliphatic carbocycles. The van der Waals surface area contributed by atoms with Gasteiger partial charge in [0.05, 0.1) is 11.3 Å². The minimum atomic E-state index is -0.975. The molecule has 0 aliphatic heterocycles. The molecule has 2 aromatic rings. The van der Waals surface area contributed by atoms with E-state index in [1.54, 1.807) is 25.1 Å². The first-order valence-electron chi connectivity index (χ1n) is 5.85. The van der Waals surface area contributed by atoms with Gasteiger partial charge >= 0.3 is 5.97 Å². The van der Waals surface area contributed by atoms with E-state index in [4.69, 9.17) is 5.11 Å². The lowest BCUT2D eigenvalue weighted by atomic mass is 10.1. The van der Waals surface area contributed by atoms with E-state index in [0.29, 0.717) is 11.4 Å². The van der Waals surface area contributed by atoms with Gasteiger partial charge in [-0.25, -0.2) is 9.18 Å². The van der Waals surface area contributed by atoms with Crippen LogP contribution in [0.1, 0.15) is 21.5 Å². The van der Waals surface area contributed by atoms with Gasteiger partial charge in [0.25, 0.3) is 0 Å². The van der Waals surface area contributed by atoms with Crippen molar-refractivity contribution in [1.82, 2.24) is 0 Å². The van der Waals surface area contributed by atoms with Crippen molar-refractivity contribution in [3.8, 4) is 0 Å². The second-order valence-electron chi connectivity index (χ2n) is 4.39. The Bertz CT molecular complexity index is 618. The predicted molar refractivity (Wildman–Crippen MR) is 72.6 cm³/mol. The van der Waals surface area contributed by atoms with E-state index in [1.165, 1.54) is 12.1 Å². The molecule has 0 saturated carbocycles. The molecule has 0 radical (unpaired) electrons. The summed E-state index contributed by atoms with van der Waals surface area (Å²) in [4.78, 5) is 10.9. The molecule has 0 amide bonds. The van der Waals surface area contributed by atoms with E-state index in [9.17, 15) is 9.18 Å². The number of benzene rings is 2. The molecule has 3 nitrogen and oxygen atoms in total. The maximum absolute atomic E-state index is 13.7. The number of hydrogen-bond donors (Lipinski definition) is 2. The molecule has 0 unspecified atom stereocenters. The third kappa shape index (κ3) is 2.73. The number of nitrogens with one attached hydrogen (secondary N) is 1. The van der Waals surface area contributed by atoms with E-state index in [0.717, 1.165) is 11.1 Å². The first-order chi connectivity index (χ1) is 8.99. The largest absolute Gasteiger partial charge is 0.478 e. The van der Waals surface area contributed by atoms with Crippen LogP contribution >= 0.6 is 0 Å². The van der Waals surface area contributed by atoms with Crippen molar-refractivity contribution in [2.45, 2.75) is 13.8 Å². The van der Waals surface area contributed by atoms with Crippen molar-refractivity contribution in [1.29, 1.82) is 0 Å². The molecule has 98 valence electrons. The van der Waals surface area contributed by atoms with Crippen LogP contribution in [0.3, 0.4) is 0 Å². The van der Waals surface area contributed by atoms with Crippen molar-refractivity contribution in [3.63, 3.8) is 0 Å². The van der Waals surface area contributed by atoms with Gasteiger partial charge in [0.1, 0.15) is 5.82 Å². The Morgan fingerprint density at radius 3 is 2.47 bits per heavy atom. The normalized spacial score (nSPS) is 10.3. The number of anilines is 2. The van der Waals surface area contributed by atoms with Gasteiger partial charge in [0, 0.05) is 5.69 Å². The zero-order valence-electron chi connectivity index (χ0n) is 10.7. The van der Waals surface area contributed by atoms with Crippen LogP contribution in [0.15, 0.2) is 36.4 Å². The summed E-state index contributed by atoms with van der Waals surface area (Å²) in [5.41, 5.74) is 2.87. The van der Waals surface area contributed by atoms with Gasteiger partial charge in [-0.15, -0.1) is 0 Å². The molecule has 0 aliphatic rings. The Balaban J connectivity index is 2.36. The lowest BCUT2D eigenvalue weighted by Crippen LogP contribution is -2.01. The Hall–Kier alpha value is -2.36. The highest BCUT2D eigenvalue weighted by Gasteiger charge is 2.09. The summed E-state index contributed by atoms with van der Waals surface area (Å²) in [7, 11) is 0. The smallest absolute Gasteiger partial charge is 0.335 e. The van der Waals surface area contributed by atoms with Gasteiger partial charge in [-0.1, -0.05) is 12.1 Å². The lowest BCUT2D eigenvalue weighted by Gasteiger charge is -2.13. The fraction of sp³-hybridized carbons (Fsp3) is 0.133. The minimum absolute atomic E-state index is 0.216. The van der Waals surface area contributed by atoms with Gasteiger partial charge in [-0.3, -0.25) is 0 Å². The summed E-state index contributed by atoms with van der Waals surface area (Å²) < 4.78 is 13.7. The second kappa shape index (κ2) is 5.10. The standard InChI is InChI=1S/C15H14FNO2/c1-9-4-3-5-12(16)14(9)17-13-7-6-11(15(18)19)8-10(13)2/h3-8,17H,1-2H3,(H,18,19). The van der Waals surface area contributed by atoms with Crippen LogP contribution < -0.4 is 5.32 Å². The molecule has 0 bridgehead atoms. The molecule has 4 heteroatoms. The first kappa shape index (κ1) is 13.1. The van der Waals surface area contributed by atoms with Crippen molar-refractivity contribution in [2.24, 2.45) is 0 Å². The van der Waals surface area contributed by atoms with Gasteiger partial charge in [-0.2, -0.15) is 0 Å². The summed E-state index contributed by atoms with van der Waals surface area (Å²) >= 11 is 0. The summed E-state index contributed by atoms with van der Waals surface area (Å²) in [6.07, 6.45) is 0. The van der Waals surface area contributed by atoms with Crippen LogP contribution in [0.4, 0.5) is 15.8 Å². The third-order valence-electron chi connectivity index (χ3n) is 2.95. The highest BCUT2D eigenvalue weighted by Crippen LogP contribution is 2.26.